The fourth-order valence-electron chi connectivity index (χ4n) is 3.43. The summed E-state index contributed by atoms with van der Waals surface area (Å²) in [4.78, 5) is 14.8. The average molecular weight is 548 g/mol. The molecule has 3 rings (SSSR count). The molecule has 5 nitrogen and oxygen atoms in total. The summed E-state index contributed by atoms with van der Waals surface area (Å²) in [7, 11) is 0. The lowest BCUT2D eigenvalue weighted by molar-refractivity contribution is 0.182. The molecule has 162 valence electrons. The van der Waals surface area contributed by atoms with Gasteiger partial charge in [0, 0.05) is 48.6 Å². The van der Waals surface area contributed by atoms with Crippen LogP contribution in [0.4, 0.5) is 0 Å². The third-order valence-electron chi connectivity index (χ3n) is 5.10. The predicted octanol–water partition coefficient (Wildman–Crippen LogP) is 4.39. The van der Waals surface area contributed by atoms with Gasteiger partial charge in [-0.25, -0.2) is 4.98 Å². The van der Waals surface area contributed by atoms with E-state index < -0.39 is 0 Å². The highest BCUT2D eigenvalue weighted by molar-refractivity contribution is 14.0. The number of halogens is 1. The number of aromatic nitrogens is 1. The van der Waals surface area contributed by atoms with Gasteiger partial charge in [0.25, 0.3) is 0 Å². The maximum Gasteiger partial charge on any atom is 0.191 e. The summed E-state index contributed by atoms with van der Waals surface area (Å²) in [6, 6.07) is 4.39. The lowest BCUT2D eigenvalue weighted by Gasteiger charge is -2.31. The van der Waals surface area contributed by atoms with Crippen LogP contribution >= 0.6 is 46.7 Å². The fraction of sp³-hybridized carbons (Fsp3) is 0.619. The summed E-state index contributed by atoms with van der Waals surface area (Å²) in [5.41, 5.74) is 0. The van der Waals surface area contributed by atoms with Crippen LogP contribution < -0.4 is 10.6 Å². The molecule has 0 unspecified atom stereocenters. The lowest BCUT2D eigenvalue weighted by atomic mass is 9.97. The van der Waals surface area contributed by atoms with Crippen LogP contribution in [-0.2, 0) is 19.4 Å². The minimum atomic E-state index is 0. The molecular weight excluding hydrogens is 513 g/mol. The van der Waals surface area contributed by atoms with E-state index >= 15 is 0 Å². The van der Waals surface area contributed by atoms with Crippen LogP contribution in [0.15, 0.2) is 28.7 Å². The van der Waals surface area contributed by atoms with Crippen LogP contribution in [-0.4, -0.2) is 48.6 Å². The van der Waals surface area contributed by atoms with E-state index in [-0.39, 0.29) is 24.0 Å². The zero-order valence-corrected chi connectivity index (χ0v) is 21.5. The highest BCUT2D eigenvalue weighted by Gasteiger charge is 2.19. The molecule has 1 fully saturated rings. The standard InChI is InChI=1S/C21H33N5S2.HI/c1-3-18-15-24-20(28-18)7-10-23-21(22-4-2)25-14-17-8-11-26(12-9-17)16-19-6-5-13-27-19;/h5-6,13,15,17H,3-4,7-12,14,16H2,1-2H3,(H2,22,23,25);1H. The molecule has 1 aliphatic heterocycles. The molecule has 0 atom stereocenters. The number of guanidine groups is 1. The number of thiazole rings is 1. The molecule has 29 heavy (non-hydrogen) atoms. The van der Waals surface area contributed by atoms with Gasteiger partial charge in [0.05, 0.1) is 5.01 Å². The minimum Gasteiger partial charge on any atom is -0.357 e. The number of hydrogen-bond acceptors (Lipinski definition) is 5. The monoisotopic (exact) mass is 547 g/mol. The molecule has 0 saturated carbocycles. The predicted molar refractivity (Wildman–Crippen MR) is 137 cm³/mol. The second-order valence-electron chi connectivity index (χ2n) is 7.27. The number of aliphatic imine (C=N–C) groups is 1. The molecule has 1 saturated heterocycles. The Hall–Kier alpha value is -0.710. The number of hydrogen-bond donors (Lipinski definition) is 2. The van der Waals surface area contributed by atoms with Gasteiger partial charge in [-0.1, -0.05) is 13.0 Å². The third kappa shape index (κ3) is 8.51. The number of thiophene rings is 1. The molecule has 0 spiro atoms. The topological polar surface area (TPSA) is 52.6 Å². The average Bonchev–Trinajstić information content (AvgIpc) is 3.39. The van der Waals surface area contributed by atoms with E-state index in [0.29, 0.717) is 5.92 Å². The van der Waals surface area contributed by atoms with Gasteiger partial charge in [-0.05, 0) is 56.6 Å². The maximum atomic E-state index is 4.85. The van der Waals surface area contributed by atoms with Gasteiger partial charge >= 0.3 is 0 Å². The van der Waals surface area contributed by atoms with Crippen LogP contribution in [0.3, 0.4) is 0 Å². The number of nitrogens with one attached hydrogen (secondary N) is 2. The van der Waals surface area contributed by atoms with Crippen molar-refractivity contribution < 1.29 is 0 Å². The molecule has 2 aromatic heterocycles. The number of aryl methyl sites for hydroxylation is 1. The van der Waals surface area contributed by atoms with E-state index in [1.54, 1.807) is 0 Å². The van der Waals surface area contributed by atoms with Gasteiger partial charge in [-0.15, -0.1) is 46.7 Å². The molecule has 0 radical (unpaired) electrons. The Bertz CT molecular complexity index is 708. The van der Waals surface area contributed by atoms with E-state index in [9.17, 15) is 0 Å². The Morgan fingerprint density at radius 2 is 2.07 bits per heavy atom. The van der Waals surface area contributed by atoms with E-state index in [1.165, 1.54) is 40.7 Å². The fourth-order valence-corrected chi connectivity index (χ4v) is 5.04. The van der Waals surface area contributed by atoms with Crippen LogP contribution in [0, 0.1) is 5.92 Å². The molecule has 3 heterocycles. The molecular formula is C21H34IN5S2. The summed E-state index contributed by atoms with van der Waals surface area (Å²) < 4.78 is 0. The van der Waals surface area contributed by atoms with Gasteiger partial charge < -0.3 is 10.6 Å². The van der Waals surface area contributed by atoms with Crippen LogP contribution in [0.25, 0.3) is 0 Å². The van der Waals surface area contributed by atoms with Crippen molar-refractivity contribution in [1.29, 1.82) is 0 Å². The number of likely N-dealkylation sites (tertiary alicyclic amines) is 1. The molecule has 0 aliphatic carbocycles. The SMILES string of the molecule is CCNC(=NCC1CCN(Cc2cccs2)CC1)NCCc1ncc(CC)s1.I. The molecule has 2 aromatic rings. The Kier molecular flexibility index (Phi) is 11.5. The van der Waals surface area contributed by atoms with Crippen LogP contribution in [0.2, 0.25) is 0 Å². The number of rotatable bonds is 9. The van der Waals surface area contributed by atoms with Gasteiger partial charge in [-0.2, -0.15) is 0 Å². The van der Waals surface area contributed by atoms with Crippen molar-refractivity contribution in [2.24, 2.45) is 10.9 Å². The molecule has 8 heteroatoms. The third-order valence-corrected chi connectivity index (χ3v) is 7.16. The first kappa shape index (κ1) is 24.6. The van der Waals surface area contributed by atoms with Crippen molar-refractivity contribution in [2.45, 2.75) is 46.1 Å². The van der Waals surface area contributed by atoms with E-state index in [4.69, 9.17) is 4.99 Å². The zero-order chi connectivity index (χ0) is 19.6. The van der Waals surface area contributed by atoms with Crippen LogP contribution in [0.5, 0.6) is 0 Å². The molecule has 1 aliphatic rings. The number of nitrogens with zero attached hydrogens (tertiary/aromatic N) is 3. The van der Waals surface area contributed by atoms with Gasteiger partial charge in [0.2, 0.25) is 0 Å². The van der Waals surface area contributed by atoms with Gasteiger partial charge in [0.15, 0.2) is 5.96 Å². The number of piperidine rings is 1. The zero-order valence-electron chi connectivity index (χ0n) is 17.5. The van der Waals surface area contributed by atoms with Crippen molar-refractivity contribution in [3.63, 3.8) is 0 Å². The van der Waals surface area contributed by atoms with Crippen molar-refractivity contribution >= 4 is 52.6 Å². The smallest absolute Gasteiger partial charge is 0.191 e. The Morgan fingerprint density at radius 1 is 1.24 bits per heavy atom. The second-order valence-corrected chi connectivity index (χ2v) is 9.50. The van der Waals surface area contributed by atoms with Crippen molar-refractivity contribution in [2.75, 3.05) is 32.7 Å². The largest absolute Gasteiger partial charge is 0.357 e. The normalized spacial score (nSPS) is 15.9. The Morgan fingerprint density at radius 3 is 2.72 bits per heavy atom. The highest BCUT2D eigenvalue weighted by Crippen LogP contribution is 2.21. The first-order valence-electron chi connectivity index (χ1n) is 10.5. The summed E-state index contributed by atoms with van der Waals surface area (Å²) in [5.74, 6) is 1.64. The molecule has 0 amide bonds. The van der Waals surface area contributed by atoms with Crippen LogP contribution in [0.1, 0.15) is 41.5 Å². The lowest BCUT2D eigenvalue weighted by Crippen LogP contribution is -2.39. The van der Waals surface area contributed by atoms with Crippen molar-refractivity contribution in [3.05, 3.63) is 38.5 Å². The van der Waals surface area contributed by atoms with Gasteiger partial charge in [-0.3, -0.25) is 9.89 Å². The first-order chi connectivity index (χ1) is 13.8. The van der Waals surface area contributed by atoms with Crippen molar-refractivity contribution in [1.82, 2.24) is 20.5 Å². The quantitative estimate of drug-likeness (QED) is 0.278. The Labute approximate surface area is 200 Å². The summed E-state index contributed by atoms with van der Waals surface area (Å²) >= 11 is 3.68. The highest BCUT2D eigenvalue weighted by atomic mass is 127. The first-order valence-corrected chi connectivity index (χ1v) is 12.2. The second kappa shape index (κ2) is 13.6. The van der Waals surface area contributed by atoms with Crippen molar-refractivity contribution in [3.8, 4) is 0 Å². The molecule has 0 bridgehead atoms. The Balaban J connectivity index is 0.00000300. The van der Waals surface area contributed by atoms with E-state index in [2.05, 4.69) is 51.9 Å². The summed E-state index contributed by atoms with van der Waals surface area (Å²) in [6.45, 7) is 10.5. The van der Waals surface area contributed by atoms with Gasteiger partial charge in [0.1, 0.15) is 0 Å². The van der Waals surface area contributed by atoms with E-state index in [0.717, 1.165) is 45.0 Å². The molecule has 0 aromatic carbocycles. The van der Waals surface area contributed by atoms with E-state index in [1.807, 2.05) is 28.9 Å². The minimum absolute atomic E-state index is 0. The summed E-state index contributed by atoms with van der Waals surface area (Å²) in [6.07, 6.45) is 6.52. The maximum absolute atomic E-state index is 4.85. The summed E-state index contributed by atoms with van der Waals surface area (Å²) in [5, 5.41) is 10.2. The molecule has 2 N–H and O–H groups in total.